The highest BCUT2D eigenvalue weighted by Gasteiger charge is 2.15. The molecule has 0 aromatic heterocycles. The molecule has 0 unspecified atom stereocenters. The average molecular weight is 439 g/mol. The molecule has 0 heterocycles. The molecule has 3 rings (SSSR count). The summed E-state index contributed by atoms with van der Waals surface area (Å²) in [7, 11) is 0. The van der Waals surface area contributed by atoms with Crippen LogP contribution in [0.25, 0.3) is 0 Å². The van der Waals surface area contributed by atoms with Crippen LogP contribution in [0.2, 0.25) is 0 Å². The average Bonchev–Trinajstić information content (AvgIpc) is 2.75. The van der Waals surface area contributed by atoms with E-state index < -0.39 is 5.91 Å². The second-order valence-electron chi connectivity index (χ2n) is 6.21. The standard InChI is InChI=1S/C23H16F2N2OS2/c1-15-2-4-16(5-3-15)22(28)27-21(14-26)23(29-19-10-6-17(24)7-11-19)30-20-12-8-18(25)9-13-20/h2-13H,1H3,(H,27,28). The predicted octanol–water partition coefficient (Wildman–Crippen LogP) is 6.28. The van der Waals surface area contributed by atoms with Crippen LogP contribution in [0, 0.1) is 29.9 Å². The molecule has 150 valence electrons. The van der Waals surface area contributed by atoms with Crippen molar-refractivity contribution in [1.29, 1.82) is 5.26 Å². The molecule has 0 aliphatic carbocycles. The minimum absolute atomic E-state index is 0.0595. The number of carbonyl (C=O) groups is 1. The highest BCUT2D eigenvalue weighted by Crippen LogP contribution is 2.40. The van der Waals surface area contributed by atoms with Crippen LogP contribution < -0.4 is 5.32 Å². The van der Waals surface area contributed by atoms with Crippen molar-refractivity contribution in [1.82, 2.24) is 5.32 Å². The van der Waals surface area contributed by atoms with E-state index >= 15 is 0 Å². The monoisotopic (exact) mass is 438 g/mol. The van der Waals surface area contributed by atoms with Crippen molar-refractivity contribution < 1.29 is 13.6 Å². The molecule has 0 radical (unpaired) electrons. The van der Waals surface area contributed by atoms with Gasteiger partial charge in [0.1, 0.15) is 23.4 Å². The van der Waals surface area contributed by atoms with Crippen LogP contribution in [0.1, 0.15) is 15.9 Å². The van der Waals surface area contributed by atoms with Gasteiger partial charge >= 0.3 is 0 Å². The van der Waals surface area contributed by atoms with E-state index in [0.717, 1.165) is 5.56 Å². The maximum Gasteiger partial charge on any atom is 0.256 e. The number of hydrogen-bond donors (Lipinski definition) is 1. The van der Waals surface area contributed by atoms with Crippen LogP contribution in [0.3, 0.4) is 0 Å². The molecule has 0 aliphatic heterocycles. The highest BCUT2D eigenvalue weighted by molar-refractivity contribution is 8.22. The molecule has 1 N–H and O–H groups in total. The smallest absolute Gasteiger partial charge is 0.256 e. The molecular weight excluding hydrogens is 422 g/mol. The Bertz CT molecular complexity index is 1050. The van der Waals surface area contributed by atoms with E-state index in [1.165, 1.54) is 47.8 Å². The number of benzene rings is 3. The van der Waals surface area contributed by atoms with Crippen molar-refractivity contribution in [3.8, 4) is 6.07 Å². The Morgan fingerprint density at radius 3 is 1.73 bits per heavy atom. The minimum atomic E-state index is -0.413. The first kappa shape index (κ1) is 21.6. The quantitative estimate of drug-likeness (QED) is 0.363. The Labute approximate surface area is 181 Å². The summed E-state index contributed by atoms with van der Waals surface area (Å²) in [5.41, 5.74) is 1.50. The summed E-state index contributed by atoms with van der Waals surface area (Å²) in [6, 6.07) is 20.6. The molecular formula is C23H16F2N2OS2. The number of nitrogens with zero attached hydrogens (tertiary/aromatic N) is 1. The van der Waals surface area contributed by atoms with Crippen molar-refractivity contribution in [2.45, 2.75) is 16.7 Å². The van der Waals surface area contributed by atoms with Crippen molar-refractivity contribution in [3.63, 3.8) is 0 Å². The number of amides is 1. The molecule has 3 nitrogen and oxygen atoms in total. The molecule has 0 atom stereocenters. The number of aryl methyl sites for hydroxylation is 1. The lowest BCUT2D eigenvalue weighted by molar-refractivity contribution is 0.0967. The number of rotatable bonds is 6. The van der Waals surface area contributed by atoms with Gasteiger partial charge in [-0.2, -0.15) is 5.26 Å². The third-order valence-corrected chi connectivity index (χ3v) is 6.21. The Kier molecular flexibility index (Phi) is 7.28. The summed E-state index contributed by atoms with van der Waals surface area (Å²) < 4.78 is 27.0. The fourth-order valence-corrected chi connectivity index (χ4v) is 4.47. The van der Waals surface area contributed by atoms with E-state index in [2.05, 4.69) is 5.32 Å². The zero-order valence-corrected chi connectivity index (χ0v) is 17.5. The van der Waals surface area contributed by atoms with Gasteiger partial charge < -0.3 is 5.32 Å². The van der Waals surface area contributed by atoms with Crippen molar-refractivity contribution in [3.05, 3.63) is 105 Å². The molecule has 7 heteroatoms. The fraction of sp³-hybridized carbons (Fsp3) is 0.0435. The first-order valence-electron chi connectivity index (χ1n) is 8.84. The van der Waals surface area contributed by atoms with Crippen molar-refractivity contribution >= 4 is 29.4 Å². The molecule has 0 fully saturated rings. The van der Waals surface area contributed by atoms with Gasteiger partial charge in [0, 0.05) is 15.4 Å². The predicted molar refractivity (Wildman–Crippen MR) is 116 cm³/mol. The normalized spacial score (nSPS) is 10.2. The summed E-state index contributed by atoms with van der Waals surface area (Å²) in [5.74, 6) is -1.16. The first-order valence-corrected chi connectivity index (χ1v) is 10.5. The Balaban J connectivity index is 1.92. The van der Waals surface area contributed by atoms with Gasteiger partial charge in [-0.3, -0.25) is 4.79 Å². The second kappa shape index (κ2) is 10.1. The zero-order chi connectivity index (χ0) is 21.5. The molecule has 3 aromatic rings. The lowest BCUT2D eigenvalue weighted by atomic mass is 10.1. The van der Waals surface area contributed by atoms with E-state index in [4.69, 9.17) is 0 Å². The highest BCUT2D eigenvalue weighted by atomic mass is 32.2. The number of thioether (sulfide) groups is 2. The van der Waals surface area contributed by atoms with Crippen molar-refractivity contribution in [2.24, 2.45) is 0 Å². The van der Waals surface area contributed by atoms with Gasteiger partial charge in [-0.05, 0) is 67.6 Å². The SMILES string of the molecule is Cc1ccc(C(=O)NC(C#N)=C(Sc2ccc(F)cc2)Sc2ccc(F)cc2)cc1. The van der Waals surface area contributed by atoms with E-state index in [9.17, 15) is 18.8 Å². The number of halogens is 2. The molecule has 0 bridgehead atoms. The van der Waals surface area contributed by atoms with Gasteiger partial charge in [0.2, 0.25) is 0 Å². The number of allylic oxidation sites excluding steroid dienone is 1. The molecule has 0 spiro atoms. The topological polar surface area (TPSA) is 52.9 Å². The van der Waals surface area contributed by atoms with Crippen LogP contribution in [0.15, 0.2) is 92.5 Å². The van der Waals surface area contributed by atoms with E-state index in [1.807, 2.05) is 25.1 Å². The molecule has 30 heavy (non-hydrogen) atoms. The second-order valence-corrected chi connectivity index (χ2v) is 8.63. The van der Waals surface area contributed by atoms with Crippen LogP contribution >= 0.6 is 23.5 Å². The molecule has 0 saturated heterocycles. The Morgan fingerprint density at radius 1 is 0.833 bits per heavy atom. The summed E-state index contributed by atoms with van der Waals surface area (Å²) in [6.07, 6.45) is 0. The third kappa shape index (κ3) is 5.96. The van der Waals surface area contributed by atoms with Crippen molar-refractivity contribution in [2.75, 3.05) is 0 Å². The number of nitrogens with one attached hydrogen (secondary N) is 1. The van der Waals surface area contributed by atoms with Crippen LogP contribution in [0.5, 0.6) is 0 Å². The lowest BCUT2D eigenvalue weighted by Crippen LogP contribution is -2.22. The van der Waals surface area contributed by atoms with E-state index in [0.29, 0.717) is 19.6 Å². The number of nitriles is 1. The van der Waals surface area contributed by atoms with Gasteiger partial charge in [-0.1, -0.05) is 41.2 Å². The third-order valence-electron chi connectivity index (χ3n) is 3.92. The van der Waals surface area contributed by atoms with Crippen LogP contribution in [-0.4, -0.2) is 5.91 Å². The zero-order valence-electron chi connectivity index (χ0n) is 15.9. The van der Waals surface area contributed by atoms with Gasteiger partial charge in [0.05, 0.1) is 4.24 Å². The maximum absolute atomic E-state index is 13.3. The van der Waals surface area contributed by atoms with Gasteiger partial charge in [0.15, 0.2) is 0 Å². The largest absolute Gasteiger partial charge is 0.312 e. The van der Waals surface area contributed by atoms with Gasteiger partial charge in [0.25, 0.3) is 5.91 Å². The molecule has 1 amide bonds. The maximum atomic E-state index is 13.3. The summed E-state index contributed by atoms with van der Waals surface area (Å²) in [5, 5.41) is 12.4. The van der Waals surface area contributed by atoms with E-state index in [-0.39, 0.29) is 17.3 Å². The number of carbonyl (C=O) groups excluding carboxylic acids is 1. The van der Waals surface area contributed by atoms with E-state index in [1.54, 1.807) is 36.4 Å². The molecule has 3 aromatic carbocycles. The molecule has 0 aliphatic rings. The Morgan fingerprint density at radius 2 is 1.30 bits per heavy atom. The lowest BCUT2D eigenvalue weighted by Gasteiger charge is -2.12. The van der Waals surface area contributed by atoms with Crippen LogP contribution in [0.4, 0.5) is 8.78 Å². The first-order chi connectivity index (χ1) is 14.4. The summed E-state index contributed by atoms with van der Waals surface area (Å²) in [4.78, 5) is 14.0. The van der Waals surface area contributed by atoms with Gasteiger partial charge in [-0.25, -0.2) is 8.78 Å². The fourth-order valence-electron chi connectivity index (χ4n) is 2.36. The molecule has 0 saturated carbocycles. The van der Waals surface area contributed by atoms with Gasteiger partial charge in [-0.15, -0.1) is 0 Å². The summed E-state index contributed by atoms with van der Waals surface area (Å²) >= 11 is 2.43. The number of hydrogen-bond acceptors (Lipinski definition) is 4. The summed E-state index contributed by atoms with van der Waals surface area (Å²) in [6.45, 7) is 1.92. The van der Waals surface area contributed by atoms with Crippen LogP contribution in [-0.2, 0) is 0 Å². The Hall–Kier alpha value is -3.08. The minimum Gasteiger partial charge on any atom is -0.312 e.